The van der Waals surface area contributed by atoms with E-state index in [4.69, 9.17) is 10.8 Å². The molecule has 0 radical (unpaired) electrons. The molecule has 0 aromatic heterocycles. The van der Waals surface area contributed by atoms with Gasteiger partial charge in [-0.2, -0.15) is 13.2 Å². The molecule has 3 nitrogen and oxygen atoms in total. The van der Waals surface area contributed by atoms with Crippen molar-refractivity contribution in [3.63, 3.8) is 0 Å². The fourth-order valence-electron chi connectivity index (χ4n) is 1.09. The maximum atomic E-state index is 12.3. The van der Waals surface area contributed by atoms with Crippen molar-refractivity contribution in [1.82, 2.24) is 0 Å². The largest absolute Gasteiger partial charge is 0.481 e. The van der Waals surface area contributed by atoms with Crippen molar-refractivity contribution in [2.75, 3.05) is 11.5 Å². The summed E-state index contributed by atoms with van der Waals surface area (Å²) in [6.07, 6.45) is -4.74. The summed E-state index contributed by atoms with van der Waals surface area (Å²) in [4.78, 5) is 11.0. The highest BCUT2D eigenvalue weighted by atomic mass is 32.2. The highest BCUT2D eigenvalue weighted by Gasteiger charge is 2.44. The van der Waals surface area contributed by atoms with Crippen molar-refractivity contribution in [2.24, 2.45) is 5.92 Å². The van der Waals surface area contributed by atoms with Gasteiger partial charge in [0.05, 0.1) is 0 Å². The summed E-state index contributed by atoms with van der Waals surface area (Å²) in [5.74, 6) is -4.80. The lowest BCUT2D eigenvalue weighted by atomic mass is 10.2. The number of nitrogens with two attached hydrogens (primary N) is 1. The van der Waals surface area contributed by atoms with E-state index in [9.17, 15) is 18.0 Å². The Hall–Kier alpha value is -1.37. The summed E-state index contributed by atoms with van der Waals surface area (Å²) in [6, 6.07) is 6.28. The number of carboxylic acids is 1. The van der Waals surface area contributed by atoms with Crippen LogP contribution in [0.1, 0.15) is 0 Å². The molecule has 0 saturated carbocycles. The lowest BCUT2D eigenvalue weighted by Crippen LogP contribution is -2.32. The summed E-state index contributed by atoms with van der Waals surface area (Å²) in [5.41, 5.74) is 5.88. The topological polar surface area (TPSA) is 63.3 Å². The fraction of sp³-hybridized carbons (Fsp3) is 0.300. The molecule has 0 fully saturated rings. The molecule has 1 atom stereocenters. The summed E-state index contributed by atoms with van der Waals surface area (Å²) in [6.45, 7) is 0. The van der Waals surface area contributed by atoms with E-state index in [1.54, 1.807) is 18.2 Å². The number of nitrogen functional groups attached to an aromatic ring is 1. The quantitative estimate of drug-likeness (QED) is 0.649. The number of anilines is 1. The molecule has 0 aliphatic rings. The van der Waals surface area contributed by atoms with Crippen molar-refractivity contribution in [3.8, 4) is 0 Å². The molecule has 1 aromatic rings. The van der Waals surface area contributed by atoms with Crippen LogP contribution in [0.15, 0.2) is 29.2 Å². The molecular weight excluding hydrogens is 255 g/mol. The van der Waals surface area contributed by atoms with Gasteiger partial charge < -0.3 is 10.8 Å². The summed E-state index contributed by atoms with van der Waals surface area (Å²) in [5, 5.41) is 8.48. The number of carboxylic acid groups (broad SMARTS) is 1. The summed E-state index contributed by atoms with van der Waals surface area (Å²) in [7, 11) is 0. The first kappa shape index (κ1) is 13.7. The van der Waals surface area contributed by atoms with Gasteiger partial charge in [0.1, 0.15) is 0 Å². The molecule has 1 aromatic carbocycles. The Morgan fingerprint density at radius 2 is 2.12 bits per heavy atom. The summed E-state index contributed by atoms with van der Waals surface area (Å²) >= 11 is 0.817. The monoisotopic (exact) mass is 265 g/mol. The zero-order chi connectivity index (χ0) is 13.1. The van der Waals surface area contributed by atoms with Gasteiger partial charge in [0.25, 0.3) is 0 Å². The lowest BCUT2D eigenvalue weighted by molar-refractivity contribution is -0.188. The number of aliphatic carboxylic acids is 1. The molecule has 0 bridgehead atoms. The van der Waals surface area contributed by atoms with Crippen LogP contribution in [-0.2, 0) is 4.79 Å². The van der Waals surface area contributed by atoms with Gasteiger partial charge in [-0.1, -0.05) is 6.07 Å². The van der Waals surface area contributed by atoms with E-state index >= 15 is 0 Å². The predicted octanol–water partition coefficient (Wildman–Crippen LogP) is 2.62. The number of hydrogen-bond donors (Lipinski definition) is 2. The Kier molecular flexibility index (Phi) is 4.28. The van der Waals surface area contributed by atoms with E-state index in [1.807, 2.05) is 0 Å². The van der Waals surface area contributed by atoms with Crippen molar-refractivity contribution in [1.29, 1.82) is 0 Å². The van der Waals surface area contributed by atoms with Gasteiger partial charge in [-0.15, -0.1) is 11.8 Å². The molecule has 0 aliphatic carbocycles. The maximum Gasteiger partial charge on any atom is 0.403 e. The van der Waals surface area contributed by atoms with Crippen LogP contribution < -0.4 is 5.73 Å². The van der Waals surface area contributed by atoms with Crippen molar-refractivity contribution in [3.05, 3.63) is 24.3 Å². The normalized spacial score (nSPS) is 13.4. The van der Waals surface area contributed by atoms with Crippen LogP contribution in [0.25, 0.3) is 0 Å². The van der Waals surface area contributed by atoms with Gasteiger partial charge in [-0.05, 0) is 18.2 Å². The smallest absolute Gasteiger partial charge is 0.403 e. The predicted molar refractivity (Wildman–Crippen MR) is 58.8 cm³/mol. The Morgan fingerprint density at radius 1 is 1.47 bits per heavy atom. The summed E-state index contributed by atoms with van der Waals surface area (Å²) < 4.78 is 37.0. The van der Waals surface area contributed by atoms with E-state index in [0.717, 1.165) is 11.8 Å². The third-order valence-corrected chi connectivity index (χ3v) is 3.06. The molecule has 0 heterocycles. The molecule has 1 unspecified atom stereocenters. The average molecular weight is 265 g/mol. The second-order valence-electron chi connectivity index (χ2n) is 3.32. The third-order valence-electron chi connectivity index (χ3n) is 1.97. The van der Waals surface area contributed by atoms with Crippen LogP contribution in [0.4, 0.5) is 18.9 Å². The minimum atomic E-state index is -4.74. The fourth-order valence-corrected chi connectivity index (χ4v) is 2.17. The van der Waals surface area contributed by atoms with Crippen LogP contribution in [0.3, 0.4) is 0 Å². The second kappa shape index (κ2) is 5.31. The lowest BCUT2D eigenvalue weighted by Gasteiger charge is -2.15. The van der Waals surface area contributed by atoms with Gasteiger partial charge in [0.15, 0.2) is 5.92 Å². The van der Waals surface area contributed by atoms with Crippen LogP contribution in [0, 0.1) is 5.92 Å². The number of carbonyl (C=O) groups is 1. The van der Waals surface area contributed by atoms with Crippen LogP contribution in [0.2, 0.25) is 0 Å². The third kappa shape index (κ3) is 4.18. The minimum Gasteiger partial charge on any atom is -0.481 e. The van der Waals surface area contributed by atoms with E-state index in [2.05, 4.69) is 0 Å². The Labute approximate surface area is 99.8 Å². The van der Waals surface area contributed by atoms with Crippen molar-refractivity contribution in [2.45, 2.75) is 11.1 Å². The highest BCUT2D eigenvalue weighted by molar-refractivity contribution is 7.99. The zero-order valence-corrected chi connectivity index (χ0v) is 9.39. The van der Waals surface area contributed by atoms with E-state index < -0.39 is 23.8 Å². The first-order chi connectivity index (χ1) is 7.80. The van der Waals surface area contributed by atoms with Gasteiger partial charge in [-0.3, -0.25) is 4.79 Å². The number of hydrogen-bond acceptors (Lipinski definition) is 3. The Bertz CT molecular complexity index is 409. The standard InChI is InChI=1S/C10H10F3NO2S/c11-10(12,13)8(9(15)16)5-17-7-3-1-2-6(14)4-7/h1-4,8H,5,14H2,(H,15,16). The molecule has 17 heavy (non-hydrogen) atoms. The minimum absolute atomic E-state index is 0.425. The van der Waals surface area contributed by atoms with Crippen molar-refractivity contribution >= 4 is 23.4 Å². The number of rotatable bonds is 4. The number of thioether (sulfide) groups is 1. The van der Waals surface area contributed by atoms with Gasteiger partial charge in [-0.25, -0.2) is 0 Å². The number of benzene rings is 1. The van der Waals surface area contributed by atoms with Crippen LogP contribution in [-0.4, -0.2) is 23.0 Å². The molecule has 0 amide bonds. The molecule has 0 saturated heterocycles. The molecule has 1 rings (SSSR count). The molecule has 94 valence electrons. The van der Waals surface area contributed by atoms with E-state index in [0.29, 0.717) is 10.6 Å². The van der Waals surface area contributed by atoms with Crippen molar-refractivity contribution < 1.29 is 23.1 Å². The highest BCUT2D eigenvalue weighted by Crippen LogP contribution is 2.32. The zero-order valence-electron chi connectivity index (χ0n) is 8.57. The number of halogens is 3. The Morgan fingerprint density at radius 3 is 2.59 bits per heavy atom. The SMILES string of the molecule is Nc1cccc(SCC(C(=O)O)C(F)(F)F)c1. The maximum absolute atomic E-state index is 12.3. The van der Waals surface area contributed by atoms with Crippen LogP contribution >= 0.6 is 11.8 Å². The second-order valence-corrected chi connectivity index (χ2v) is 4.41. The van der Waals surface area contributed by atoms with E-state index in [-0.39, 0.29) is 0 Å². The molecule has 0 aliphatic heterocycles. The first-order valence-corrected chi connectivity index (χ1v) is 5.57. The van der Waals surface area contributed by atoms with Crippen LogP contribution in [0.5, 0.6) is 0 Å². The average Bonchev–Trinajstić information content (AvgIpc) is 2.15. The Balaban J connectivity index is 2.68. The van der Waals surface area contributed by atoms with Gasteiger partial charge >= 0.3 is 12.1 Å². The van der Waals surface area contributed by atoms with Gasteiger partial charge in [0, 0.05) is 16.3 Å². The number of alkyl halides is 3. The van der Waals surface area contributed by atoms with Gasteiger partial charge in [0.2, 0.25) is 0 Å². The molecule has 0 spiro atoms. The molecule has 7 heteroatoms. The first-order valence-electron chi connectivity index (χ1n) is 4.58. The van der Waals surface area contributed by atoms with E-state index in [1.165, 1.54) is 6.07 Å². The molecular formula is C10H10F3NO2S. The molecule has 3 N–H and O–H groups in total.